The van der Waals surface area contributed by atoms with Crippen molar-refractivity contribution in [2.24, 2.45) is 0 Å². The highest BCUT2D eigenvalue weighted by atomic mass is 19.4. The quantitative estimate of drug-likeness (QED) is 0.694. The Morgan fingerprint density at radius 1 is 0.950 bits per heavy atom. The molecule has 2 rings (SSSR count). The van der Waals surface area contributed by atoms with Gasteiger partial charge in [0.05, 0.1) is 0 Å². The molecule has 6 heteroatoms. The van der Waals surface area contributed by atoms with E-state index in [1.165, 1.54) is 12.1 Å². The summed E-state index contributed by atoms with van der Waals surface area (Å²) in [6.45, 7) is 1.05. The Bertz CT molecular complexity index is 631. The van der Waals surface area contributed by atoms with Crippen LogP contribution < -0.4 is 0 Å². The maximum absolute atomic E-state index is 13.5. The number of hydrogen-bond acceptors (Lipinski definition) is 0. The van der Waals surface area contributed by atoms with Crippen molar-refractivity contribution in [2.45, 2.75) is 25.1 Å². The maximum atomic E-state index is 13.5. The molecular weight excluding hydrogens is 279 g/mol. The molecule has 20 heavy (non-hydrogen) atoms. The van der Waals surface area contributed by atoms with Gasteiger partial charge < -0.3 is 0 Å². The largest absolute Gasteiger partial charge is 0.458 e. The van der Waals surface area contributed by atoms with Crippen molar-refractivity contribution in [3.8, 4) is 0 Å². The summed E-state index contributed by atoms with van der Waals surface area (Å²) < 4.78 is 64.6. The molecule has 107 valence electrons. The predicted octanol–water partition coefficient (Wildman–Crippen LogP) is 4.99. The Morgan fingerprint density at radius 3 is 2.10 bits per heavy atom. The summed E-state index contributed by atoms with van der Waals surface area (Å²) in [6, 6.07) is 7.87. The van der Waals surface area contributed by atoms with Crippen LogP contribution in [0.3, 0.4) is 0 Å². The summed E-state index contributed by atoms with van der Waals surface area (Å²) in [7, 11) is 0. The molecule has 0 aliphatic heterocycles. The van der Waals surface area contributed by atoms with Crippen LogP contribution in [0.1, 0.15) is 24.2 Å². The molecule has 2 aromatic carbocycles. The number of alkyl halides is 5. The highest BCUT2D eigenvalue weighted by Crippen LogP contribution is 2.47. The van der Waals surface area contributed by atoms with Gasteiger partial charge >= 0.3 is 12.1 Å². The SMILES string of the molecule is CC([O])c1c(C(F)(F)C(F)(F)F)ccc2ccccc12. The lowest BCUT2D eigenvalue weighted by molar-refractivity contribution is -0.289. The van der Waals surface area contributed by atoms with Gasteiger partial charge in [-0.15, -0.1) is 0 Å². The summed E-state index contributed by atoms with van der Waals surface area (Å²) in [6.07, 6.45) is -7.43. The minimum atomic E-state index is -5.74. The average Bonchev–Trinajstić information content (AvgIpc) is 2.35. The van der Waals surface area contributed by atoms with E-state index in [0.29, 0.717) is 11.5 Å². The van der Waals surface area contributed by atoms with E-state index in [4.69, 9.17) is 0 Å². The lowest BCUT2D eigenvalue weighted by Gasteiger charge is -2.24. The standard InChI is InChI=1S/C14H10F5O/c1-8(20)12-10-5-3-2-4-9(10)6-7-11(12)13(15,16)14(17,18)19/h2-8H,1H3. The molecule has 0 aliphatic rings. The fraction of sp³-hybridized carbons (Fsp3) is 0.286. The van der Waals surface area contributed by atoms with Gasteiger partial charge in [-0.2, -0.15) is 22.0 Å². The Labute approximate surface area is 111 Å². The second-order valence-corrected chi connectivity index (χ2v) is 4.46. The van der Waals surface area contributed by atoms with Gasteiger partial charge in [-0.25, -0.2) is 5.11 Å². The molecular formula is C14H10F5O. The summed E-state index contributed by atoms with van der Waals surface area (Å²) >= 11 is 0. The van der Waals surface area contributed by atoms with E-state index in [0.717, 1.165) is 13.0 Å². The average molecular weight is 289 g/mol. The van der Waals surface area contributed by atoms with Crippen LogP contribution in [0.5, 0.6) is 0 Å². The lowest BCUT2D eigenvalue weighted by Crippen LogP contribution is -2.34. The first kappa shape index (κ1) is 14.7. The van der Waals surface area contributed by atoms with Gasteiger partial charge in [0.15, 0.2) is 0 Å². The number of fused-ring (bicyclic) bond motifs is 1. The van der Waals surface area contributed by atoms with Gasteiger partial charge in [0, 0.05) is 11.1 Å². The zero-order valence-electron chi connectivity index (χ0n) is 10.3. The lowest BCUT2D eigenvalue weighted by atomic mass is 9.92. The van der Waals surface area contributed by atoms with Crippen molar-refractivity contribution in [1.29, 1.82) is 0 Å². The monoisotopic (exact) mass is 289 g/mol. The van der Waals surface area contributed by atoms with Crippen molar-refractivity contribution in [2.75, 3.05) is 0 Å². The third-order valence-electron chi connectivity index (χ3n) is 3.07. The molecule has 0 spiro atoms. The first-order chi connectivity index (χ1) is 9.16. The Balaban J connectivity index is 2.81. The smallest absolute Gasteiger partial charge is 0.228 e. The van der Waals surface area contributed by atoms with Gasteiger partial charge in [0.1, 0.15) is 6.10 Å². The fourth-order valence-corrected chi connectivity index (χ4v) is 2.16. The van der Waals surface area contributed by atoms with E-state index in [1.54, 1.807) is 12.1 Å². The van der Waals surface area contributed by atoms with E-state index >= 15 is 0 Å². The Morgan fingerprint density at radius 2 is 1.55 bits per heavy atom. The zero-order valence-corrected chi connectivity index (χ0v) is 10.3. The summed E-state index contributed by atoms with van der Waals surface area (Å²) in [4.78, 5) is 0. The van der Waals surface area contributed by atoms with Gasteiger partial charge in [-0.1, -0.05) is 36.4 Å². The molecule has 0 bridgehead atoms. The molecule has 0 heterocycles. The van der Waals surface area contributed by atoms with E-state index in [2.05, 4.69) is 0 Å². The van der Waals surface area contributed by atoms with Crippen molar-refractivity contribution in [3.05, 3.63) is 47.5 Å². The molecule has 1 nitrogen and oxygen atoms in total. The first-order valence-electron chi connectivity index (χ1n) is 5.78. The van der Waals surface area contributed by atoms with Gasteiger partial charge in [-0.3, -0.25) is 0 Å². The number of halogens is 5. The predicted molar refractivity (Wildman–Crippen MR) is 63.0 cm³/mol. The normalized spacial score (nSPS) is 14.6. The molecule has 0 aromatic heterocycles. The molecule has 1 unspecified atom stereocenters. The molecule has 2 aromatic rings. The van der Waals surface area contributed by atoms with Crippen LogP contribution in [0.25, 0.3) is 10.8 Å². The molecule has 0 saturated carbocycles. The van der Waals surface area contributed by atoms with Gasteiger partial charge in [0.2, 0.25) is 0 Å². The van der Waals surface area contributed by atoms with E-state index in [1.807, 2.05) is 0 Å². The van der Waals surface area contributed by atoms with Crippen LogP contribution in [-0.4, -0.2) is 6.18 Å². The van der Waals surface area contributed by atoms with Crippen LogP contribution in [0, 0.1) is 0 Å². The molecule has 0 aliphatic carbocycles. The van der Waals surface area contributed by atoms with Crippen LogP contribution >= 0.6 is 0 Å². The Kier molecular flexibility index (Phi) is 3.46. The molecule has 1 atom stereocenters. The molecule has 0 amide bonds. The van der Waals surface area contributed by atoms with Crippen molar-refractivity contribution in [3.63, 3.8) is 0 Å². The van der Waals surface area contributed by atoms with E-state index < -0.39 is 29.3 Å². The third-order valence-corrected chi connectivity index (χ3v) is 3.07. The van der Waals surface area contributed by atoms with Gasteiger partial charge in [-0.05, 0) is 17.7 Å². The van der Waals surface area contributed by atoms with Crippen molar-refractivity contribution < 1.29 is 27.1 Å². The van der Waals surface area contributed by atoms with Crippen LogP contribution in [0.2, 0.25) is 0 Å². The highest BCUT2D eigenvalue weighted by molar-refractivity contribution is 5.87. The second kappa shape index (κ2) is 4.70. The molecule has 1 radical (unpaired) electrons. The summed E-state index contributed by atoms with van der Waals surface area (Å²) in [5.74, 6) is -5.05. The topological polar surface area (TPSA) is 19.9 Å². The van der Waals surface area contributed by atoms with Crippen LogP contribution in [0.4, 0.5) is 22.0 Å². The highest BCUT2D eigenvalue weighted by Gasteiger charge is 2.59. The maximum Gasteiger partial charge on any atom is 0.458 e. The number of hydrogen-bond donors (Lipinski definition) is 0. The van der Waals surface area contributed by atoms with Crippen molar-refractivity contribution in [1.82, 2.24) is 0 Å². The third kappa shape index (κ3) is 2.24. The minimum Gasteiger partial charge on any atom is -0.228 e. The fourth-order valence-electron chi connectivity index (χ4n) is 2.16. The van der Waals surface area contributed by atoms with E-state index in [-0.39, 0.29) is 5.39 Å². The zero-order chi connectivity index (χ0) is 15.1. The van der Waals surface area contributed by atoms with Crippen LogP contribution in [0.15, 0.2) is 36.4 Å². The number of rotatable bonds is 2. The van der Waals surface area contributed by atoms with Crippen molar-refractivity contribution >= 4 is 10.8 Å². The number of benzene rings is 2. The van der Waals surface area contributed by atoms with E-state index in [9.17, 15) is 27.1 Å². The van der Waals surface area contributed by atoms with Crippen LogP contribution in [-0.2, 0) is 11.0 Å². The molecule has 0 N–H and O–H groups in total. The van der Waals surface area contributed by atoms with Gasteiger partial charge in [0.25, 0.3) is 0 Å². The Hall–Kier alpha value is -1.69. The molecule has 0 fully saturated rings. The molecule has 0 saturated heterocycles. The second-order valence-electron chi connectivity index (χ2n) is 4.46. The first-order valence-corrected chi connectivity index (χ1v) is 5.78. The summed E-state index contributed by atoms with van der Waals surface area (Å²) in [5.41, 5.74) is -1.78. The summed E-state index contributed by atoms with van der Waals surface area (Å²) in [5, 5.41) is 12.2. The minimum absolute atomic E-state index is 0.122.